The highest BCUT2D eigenvalue weighted by Crippen LogP contribution is 2.51. The van der Waals surface area contributed by atoms with Gasteiger partial charge in [-0.15, -0.1) is 5.10 Å². The highest BCUT2D eigenvalue weighted by atomic mass is 16.5. The van der Waals surface area contributed by atoms with Crippen LogP contribution in [0.5, 0.6) is 5.75 Å². The van der Waals surface area contributed by atoms with Crippen LogP contribution < -0.4 is 4.74 Å². The topological polar surface area (TPSA) is 60.2 Å². The summed E-state index contributed by atoms with van der Waals surface area (Å²) in [7, 11) is 1.68. The first-order valence-corrected chi connectivity index (χ1v) is 7.55. The molecule has 6 heteroatoms. The summed E-state index contributed by atoms with van der Waals surface area (Å²) >= 11 is 0. The van der Waals surface area contributed by atoms with Crippen molar-refractivity contribution in [3.63, 3.8) is 0 Å². The molecule has 1 aliphatic heterocycles. The first-order valence-electron chi connectivity index (χ1n) is 7.55. The number of amides is 1. The lowest BCUT2D eigenvalue weighted by Crippen LogP contribution is -2.51. The number of carbonyl (C=O) groups excluding carboxylic acids is 1. The second-order valence-electron chi connectivity index (χ2n) is 5.97. The van der Waals surface area contributed by atoms with Crippen molar-refractivity contribution in [3.05, 3.63) is 42.2 Å². The number of ether oxygens (including phenoxy) is 1. The van der Waals surface area contributed by atoms with E-state index in [4.69, 9.17) is 4.74 Å². The first-order chi connectivity index (χ1) is 10.8. The molecule has 22 heavy (non-hydrogen) atoms. The second kappa shape index (κ2) is 5.12. The van der Waals surface area contributed by atoms with E-state index in [-0.39, 0.29) is 17.9 Å². The Morgan fingerprint density at radius 1 is 1.32 bits per heavy atom. The molecule has 1 saturated heterocycles. The minimum Gasteiger partial charge on any atom is -0.496 e. The Morgan fingerprint density at radius 2 is 2.14 bits per heavy atom. The molecule has 1 amide bonds. The molecule has 1 saturated carbocycles. The van der Waals surface area contributed by atoms with Gasteiger partial charge in [-0.3, -0.25) is 4.79 Å². The van der Waals surface area contributed by atoms with Crippen LogP contribution in [0.2, 0.25) is 0 Å². The van der Waals surface area contributed by atoms with E-state index in [2.05, 4.69) is 16.4 Å². The maximum absolute atomic E-state index is 12.5. The maximum Gasteiger partial charge on any atom is 0.226 e. The standard InChI is InChI=1S/C16H18N4O2/c1-22-15-5-3-2-4-12(15)13-8-14(13)16(21)19-9-11(10-19)20-7-6-17-18-20/h2-7,11,13-14H,8-10H2,1H3/t13-,14+/m0/s1. The van der Waals surface area contributed by atoms with Gasteiger partial charge in [0.05, 0.1) is 19.3 Å². The molecular formula is C16H18N4O2. The van der Waals surface area contributed by atoms with Crippen LogP contribution >= 0.6 is 0 Å². The third-order valence-electron chi connectivity index (χ3n) is 4.64. The van der Waals surface area contributed by atoms with Gasteiger partial charge < -0.3 is 9.64 Å². The zero-order valence-electron chi connectivity index (χ0n) is 12.4. The van der Waals surface area contributed by atoms with Crippen LogP contribution in [-0.4, -0.2) is 46.0 Å². The van der Waals surface area contributed by atoms with Crippen molar-refractivity contribution in [1.82, 2.24) is 19.9 Å². The fourth-order valence-electron chi connectivity index (χ4n) is 3.23. The number of aromatic nitrogens is 3. The van der Waals surface area contributed by atoms with E-state index < -0.39 is 0 Å². The summed E-state index contributed by atoms with van der Waals surface area (Å²) in [5.74, 6) is 1.54. The number of benzene rings is 1. The lowest BCUT2D eigenvalue weighted by atomic mass is 10.0. The molecule has 0 bridgehead atoms. The monoisotopic (exact) mass is 298 g/mol. The zero-order chi connectivity index (χ0) is 15.1. The minimum atomic E-state index is 0.105. The van der Waals surface area contributed by atoms with Gasteiger partial charge in [0.25, 0.3) is 0 Å². The van der Waals surface area contributed by atoms with Crippen LogP contribution in [0.15, 0.2) is 36.7 Å². The number of nitrogens with zero attached hydrogens (tertiary/aromatic N) is 4. The summed E-state index contributed by atoms with van der Waals surface area (Å²) in [5, 5.41) is 7.80. The zero-order valence-corrected chi connectivity index (χ0v) is 12.4. The average molecular weight is 298 g/mol. The molecule has 0 N–H and O–H groups in total. The van der Waals surface area contributed by atoms with E-state index in [0.29, 0.717) is 5.92 Å². The predicted molar refractivity (Wildman–Crippen MR) is 79.5 cm³/mol. The maximum atomic E-state index is 12.5. The van der Waals surface area contributed by atoms with Crippen molar-refractivity contribution >= 4 is 5.91 Å². The number of hydrogen-bond donors (Lipinski definition) is 0. The number of rotatable bonds is 4. The van der Waals surface area contributed by atoms with Gasteiger partial charge in [-0.25, -0.2) is 4.68 Å². The van der Waals surface area contributed by atoms with Crippen molar-refractivity contribution in [3.8, 4) is 5.75 Å². The van der Waals surface area contributed by atoms with E-state index in [1.54, 1.807) is 13.3 Å². The van der Waals surface area contributed by atoms with Crippen LogP contribution in [0.25, 0.3) is 0 Å². The molecule has 0 unspecified atom stereocenters. The van der Waals surface area contributed by atoms with E-state index in [9.17, 15) is 4.79 Å². The van der Waals surface area contributed by atoms with Crippen molar-refractivity contribution in [2.24, 2.45) is 5.92 Å². The largest absolute Gasteiger partial charge is 0.496 e. The number of methoxy groups -OCH3 is 1. The Morgan fingerprint density at radius 3 is 2.86 bits per heavy atom. The van der Waals surface area contributed by atoms with Gasteiger partial charge in [-0.1, -0.05) is 23.4 Å². The van der Waals surface area contributed by atoms with E-state index in [1.165, 1.54) is 0 Å². The molecule has 2 aliphatic rings. The third kappa shape index (κ3) is 2.15. The normalized spacial score (nSPS) is 24.0. The van der Waals surface area contributed by atoms with Gasteiger partial charge in [0.2, 0.25) is 5.91 Å². The molecule has 0 spiro atoms. The van der Waals surface area contributed by atoms with Crippen LogP contribution in [0, 0.1) is 5.92 Å². The third-order valence-corrected chi connectivity index (χ3v) is 4.64. The summed E-state index contributed by atoms with van der Waals surface area (Å²) in [6.07, 6.45) is 4.44. The molecular weight excluding hydrogens is 280 g/mol. The molecule has 1 aromatic carbocycles. The Balaban J connectivity index is 1.38. The van der Waals surface area contributed by atoms with Crippen LogP contribution in [-0.2, 0) is 4.79 Å². The molecule has 0 radical (unpaired) electrons. The number of hydrogen-bond acceptors (Lipinski definition) is 4. The van der Waals surface area contributed by atoms with Crippen LogP contribution in [0.3, 0.4) is 0 Å². The van der Waals surface area contributed by atoms with Crippen molar-refractivity contribution < 1.29 is 9.53 Å². The first kappa shape index (κ1) is 13.3. The summed E-state index contributed by atoms with van der Waals surface area (Å²) < 4.78 is 7.23. The van der Waals surface area contributed by atoms with Gasteiger partial charge in [0, 0.05) is 25.2 Å². The summed E-state index contributed by atoms with van der Waals surface area (Å²) in [6, 6.07) is 8.25. The Labute approximate surface area is 128 Å². The molecule has 4 rings (SSSR count). The molecule has 1 aromatic heterocycles. The summed E-state index contributed by atoms with van der Waals surface area (Å²) in [6.45, 7) is 1.47. The fraction of sp³-hybridized carbons (Fsp3) is 0.438. The van der Waals surface area contributed by atoms with Gasteiger partial charge in [-0.2, -0.15) is 0 Å². The number of carbonyl (C=O) groups is 1. The van der Waals surface area contributed by atoms with E-state index in [0.717, 1.165) is 30.8 Å². The SMILES string of the molecule is COc1ccccc1[C@@H]1C[C@H]1C(=O)N1CC(n2ccnn2)C1. The fourth-order valence-corrected chi connectivity index (χ4v) is 3.23. The Kier molecular flexibility index (Phi) is 3.10. The predicted octanol–water partition coefficient (Wildman–Crippen LogP) is 1.47. The molecule has 2 atom stereocenters. The van der Waals surface area contributed by atoms with E-state index in [1.807, 2.05) is 34.0 Å². The molecule has 1 aliphatic carbocycles. The van der Waals surface area contributed by atoms with E-state index >= 15 is 0 Å². The second-order valence-corrected chi connectivity index (χ2v) is 5.97. The van der Waals surface area contributed by atoms with Crippen molar-refractivity contribution in [2.75, 3.05) is 20.2 Å². The molecule has 2 fully saturated rings. The Bertz CT molecular complexity index is 679. The number of likely N-dealkylation sites (tertiary alicyclic amines) is 1. The smallest absolute Gasteiger partial charge is 0.226 e. The molecule has 2 aromatic rings. The highest BCUT2D eigenvalue weighted by molar-refractivity contribution is 5.84. The Hall–Kier alpha value is -2.37. The lowest BCUT2D eigenvalue weighted by Gasteiger charge is -2.39. The quantitative estimate of drug-likeness (QED) is 0.857. The van der Waals surface area contributed by atoms with Gasteiger partial charge in [0.15, 0.2) is 0 Å². The van der Waals surface area contributed by atoms with Gasteiger partial charge in [0.1, 0.15) is 5.75 Å². The minimum absolute atomic E-state index is 0.105. The average Bonchev–Trinajstić information content (AvgIpc) is 3.13. The molecule has 114 valence electrons. The molecule has 2 heterocycles. The van der Waals surface area contributed by atoms with Crippen LogP contribution in [0.4, 0.5) is 0 Å². The van der Waals surface area contributed by atoms with Crippen molar-refractivity contribution in [1.29, 1.82) is 0 Å². The van der Waals surface area contributed by atoms with Crippen molar-refractivity contribution in [2.45, 2.75) is 18.4 Å². The van der Waals surface area contributed by atoms with Crippen LogP contribution in [0.1, 0.15) is 23.9 Å². The summed E-state index contributed by atoms with van der Waals surface area (Å²) in [5.41, 5.74) is 1.15. The highest BCUT2D eigenvalue weighted by Gasteiger charge is 2.49. The number of para-hydroxylation sites is 1. The van der Waals surface area contributed by atoms with Gasteiger partial charge in [-0.05, 0) is 24.0 Å². The lowest BCUT2D eigenvalue weighted by molar-refractivity contribution is -0.138. The summed E-state index contributed by atoms with van der Waals surface area (Å²) in [4.78, 5) is 14.4. The molecule has 6 nitrogen and oxygen atoms in total. The van der Waals surface area contributed by atoms with Gasteiger partial charge >= 0.3 is 0 Å².